The molecule has 2 heterocycles. The van der Waals surface area contributed by atoms with E-state index >= 15 is 0 Å². The third-order valence-electron chi connectivity index (χ3n) is 5.94. The molecule has 1 fully saturated rings. The van der Waals surface area contributed by atoms with E-state index in [1.807, 2.05) is 24.3 Å². The van der Waals surface area contributed by atoms with Gasteiger partial charge in [0.15, 0.2) is 5.96 Å². The van der Waals surface area contributed by atoms with Crippen LogP contribution in [0.15, 0.2) is 53.5 Å². The Morgan fingerprint density at radius 3 is 2.43 bits per heavy atom. The number of guanidine groups is 1. The van der Waals surface area contributed by atoms with Gasteiger partial charge in [-0.05, 0) is 41.8 Å². The number of benzene rings is 2. The third-order valence-corrected chi connectivity index (χ3v) is 6.19. The van der Waals surface area contributed by atoms with Crippen LogP contribution in [0.25, 0.3) is 0 Å². The minimum Gasteiger partial charge on any atom is -0.390 e. The van der Waals surface area contributed by atoms with Crippen LogP contribution in [0.3, 0.4) is 0 Å². The Morgan fingerprint density at radius 1 is 1.00 bits per heavy atom. The molecular formula is C23H30ClN5O. The number of aliphatic hydroxyl groups is 1. The van der Waals surface area contributed by atoms with Gasteiger partial charge in [0.1, 0.15) is 0 Å². The molecule has 2 aliphatic rings. The maximum atomic E-state index is 10.5. The fraction of sp³-hybridized carbons (Fsp3) is 0.435. The Balaban J connectivity index is 1.23. The van der Waals surface area contributed by atoms with Gasteiger partial charge in [0, 0.05) is 56.5 Å². The maximum absolute atomic E-state index is 10.5. The zero-order valence-electron chi connectivity index (χ0n) is 17.3. The number of anilines is 1. The van der Waals surface area contributed by atoms with Gasteiger partial charge >= 0.3 is 0 Å². The van der Waals surface area contributed by atoms with Crippen molar-refractivity contribution in [3.8, 4) is 0 Å². The second-order valence-corrected chi connectivity index (χ2v) is 8.49. The Labute approximate surface area is 183 Å². The minimum atomic E-state index is -0.510. The first-order valence-corrected chi connectivity index (χ1v) is 11.0. The highest BCUT2D eigenvalue weighted by Gasteiger charge is 2.20. The Hall–Kier alpha value is -2.28. The van der Waals surface area contributed by atoms with Gasteiger partial charge in [0.05, 0.1) is 12.6 Å². The zero-order valence-corrected chi connectivity index (χ0v) is 18.0. The molecule has 7 heteroatoms. The molecule has 2 aromatic carbocycles. The lowest BCUT2D eigenvalue weighted by molar-refractivity contribution is 0.111. The van der Waals surface area contributed by atoms with Gasteiger partial charge in [-0.25, -0.2) is 0 Å². The molecule has 1 atom stereocenters. The second-order valence-electron chi connectivity index (χ2n) is 8.06. The predicted octanol–water partition coefficient (Wildman–Crippen LogP) is 2.20. The van der Waals surface area contributed by atoms with Crippen molar-refractivity contribution in [2.75, 3.05) is 50.7 Å². The number of fused-ring (bicyclic) bond motifs is 1. The normalized spacial score (nSPS) is 18.9. The third kappa shape index (κ3) is 5.25. The molecular weight excluding hydrogens is 398 g/mol. The van der Waals surface area contributed by atoms with Crippen LogP contribution in [0.4, 0.5) is 5.69 Å². The molecule has 160 valence electrons. The second kappa shape index (κ2) is 9.69. The molecule has 0 bridgehead atoms. The standard InChI is InChI=1S/C23H30ClN5O/c24-20-5-7-21(8-6-20)28-11-13-29(14-12-28)23(25)26-15-22(30)17-27-10-9-18-3-1-2-4-19(18)16-27/h1-8,22,30H,9-17H2,(H2,25,26). The Kier molecular flexibility index (Phi) is 6.77. The number of halogens is 1. The van der Waals surface area contributed by atoms with E-state index in [1.54, 1.807) is 0 Å². The van der Waals surface area contributed by atoms with Crippen LogP contribution in [0.2, 0.25) is 5.02 Å². The van der Waals surface area contributed by atoms with Gasteiger partial charge in [0.2, 0.25) is 0 Å². The summed E-state index contributed by atoms with van der Waals surface area (Å²) in [5.74, 6) is 0.522. The summed E-state index contributed by atoms with van der Waals surface area (Å²) in [5.41, 5.74) is 10.2. The highest BCUT2D eigenvalue weighted by molar-refractivity contribution is 6.30. The molecule has 1 unspecified atom stereocenters. The van der Waals surface area contributed by atoms with Gasteiger partial charge in [0.25, 0.3) is 0 Å². The lowest BCUT2D eigenvalue weighted by Crippen LogP contribution is -2.51. The van der Waals surface area contributed by atoms with Crippen molar-refractivity contribution in [1.82, 2.24) is 9.80 Å². The molecule has 0 aromatic heterocycles. The summed E-state index contributed by atoms with van der Waals surface area (Å²) in [6.45, 7) is 6.21. The zero-order chi connectivity index (χ0) is 20.9. The largest absolute Gasteiger partial charge is 0.390 e. The van der Waals surface area contributed by atoms with Crippen LogP contribution in [0, 0.1) is 0 Å². The molecule has 4 rings (SSSR count). The molecule has 30 heavy (non-hydrogen) atoms. The van der Waals surface area contributed by atoms with Gasteiger partial charge in [-0.1, -0.05) is 35.9 Å². The highest BCUT2D eigenvalue weighted by Crippen LogP contribution is 2.20. The SMILES string of the molecule is NC(=NCC(O)CN1CCc2ccccc2C1)N1CCN(c2ccc(Cl)cc2)CC1. The van der Waals surface area contributed by atoms with E-state index in [1.165, 1.54) is 16.8 Å². The molecule has 0 saturated carbocycles. The fourth-order valence-corrected chi connectivity index (χ4v) is 4.34. The summed E-state index contributed by atoms with van der Waals surface area (Å²) in [5, 5.41) is 11.2. The number of hydrogen-bond donors (Lipinski definition) is 2. The van der Waals surface area contributed by atoms with E-state index in [0.717, 1.165) is 50.7 Å². The van der Waals surface area contributed by atoms with Crippen LogP contribution in [-0.4, -0.2) is 72.8 Å². The van der Waals surface area contributed by atoms with Gasteiger partial charge in [-0.3, -0.25) is 9.89 Å². The minimum absolute atomic E-state index is 0.335. The van der Waals surface area contributed by atoms with Crippen LogP contribution >= 0.6 is 11.6 Å². The molecule has 0 spiro atoms. The lowest BCUT2D eigenvalue weighted by Gasteiger charge is -2.36. The molecule has 0 amide bonds. The van der Waals surface area contributed by atoms with E-state index in [9.17, 15) is 5.11 Å². The summed E-state index contributed by atoms with van der Waals surface area (Å²) in [4.78, 5) is 11.2. The highest BCUT2D eigenvalue weighted by atomic mass is 35.5. The number of nitrogens with zero attached hydrogens (tertiary/aromatic N) is 4. The molecule has 0 aliphatic carbocycles. The van der Waals surface area contributed by atoms with E-state index in [0.29, 0.717) is 19.0 Å². The molecule has 0 radical (unpaired) electrons. The first-order valence-electron chi connectivity index (χ1n) is 10.6. The van der Waals surface area contributed by atoms with E-state index < -0.39 is 6.10 Å². The Bertz CT molecular complexity index is 864. The number of hydrogen-bond acceptors (Lipinski definition) is 4. The molecule has 6 nitrogen and oxygen atoms in total. The summed E-state index contributed by atoms with van der Waals surface area (Å²) in [7, 11) is 0. The van der Waals surface area contributed by atoms with Crippen molar-refractivity contribution < 1.29 is 5.11 Å². The average Bonchev–Trinajstić information content (AvgIpc) is 2.78. The van der Waals surface area contributed by atoms with Gasteiger partial charge < -0.3 is 20.6 Å². The van der Waals surface area contributed by atoms with Crippen LogP contribution < -0.4 is 10.6 Å². The monoisotopic (exact) mass is 427 g/mol. The van der Waals surface area contributed by atoms with Crippen LogP contribution in [0.1, 0.15) is 11.1 Å². The number of piperazine rings is 1. The summed E-state index contributed by atoms with van der Waals surface area (Å²) >= 11 is 5.98. The number of aliphatic hydroxyl groups excluding tert-OH is 1. The summed E-state index contributed by atoms with van der Waals surface area (Å²) < 4.78 is 0. The van der Waals surface area contributed by atoms with Crippen molar-refractivity contribution in [2.24, 2.45) is 10.7 Å². The lowest BCUT2D eigenvalue weighted by atomic mass is 10.00. The number of aliphatic imine (C=N–C) groups is 1. The van der Waals surface area contributed by atoms with Crippen molar-refractivity contribution in [1.29, 1.82) is 0 Å². The number of rotatable bonds is 5. The quantitative estimate of drug-likeness (QED) is 0.565. The van der Waals surface area contributed by atoms with Crippen molar-refractivity contribution >= 4 is 23.2 Å². The van der Waals surface area contributed by atoms with Gasteiger partial charge in [-0.15, -0.1) is 0 Å². The molecule has 2 aromatic rings. The molecule has 1 saturated heterocycles. The fourth-order valence-electron chi connectivity index (χ4n) is 4.21. The predicted molar refractivity (Wildman–Crippen MR) is 123 cm³/mol. The molecule has 2 aliphatic heterocycles. The first-order chi connectivity index (χ1) is 14.6. The topological polar surface area (TPSA) is 68.3 Å². The van der Waals surface area contributed by atoms with E-state index in [-0.39, 0.29) is 0 Å². The van der Waals surface area contributed by atoms with Crippen molar-refractivity contribution in [2.45, 2.75) is 19.1 Å². The Morgan fingerprint density at radius 2 is 1.70 bits per heavy atom. The van der Waals surface area contributed by atoms with Crippen molar-refractivity contribution in [3.63, 3.8) is 0 Å². The van der Waals surface area contributed by atoms with Gasteiger partial charge in [-0.2, -0.15) is 0 Å². The average molecular weight is 428 g/mol. The van der Waals surface area contributed by atoms with E-state index in [4.69, 9.17) is 17.3 Å². The maximum Gasteiger partial charge on any atom is 0.191 e. The van der Waals surface area contributed by atoms with Crippen LogP contribution in [0.5, 0.6) is 0 Å². The first kappa shape index (κ1) is 21.0. The smallest absolute Gasteiger partial charge is 0.191 e. The van der Waals surface area contributed by atoms with Crippen molar-refractivity contribution in [3.05, 3.63) is 64.7 Å². The summed E-state index contributed by atoms with van der Waals surface area (Å²) in [6, 6.07) is 16.5. The summed E-state index contributed by atoms with van der Waals surface area (Å²) in [6.07, 6.45) is 0.524. The van der Waals surface area contributed by atoms with E-state index in [2.05, 4.69) is 44.0 Å². The number of nitrogens with two attached hydrogens (primary N) is 1. The number of β-amino-alcohol motifs (C(OH)–C–C–N with tert-alkyl or cyclic N) is 1. The van der Waals surface area contributed by atoms with Crippen LogP contribution in [-0.2, 0) is 13.0 Å². The molecule has 3 N–H and O–H groups in total.